The Morgan fingerprint density at radius 1 is 1.33 bits per heavy atom. The maximum Gasteiger partial charge on any atom is 0.0862 e. The zero-order valence-electron chi connectivity index (χ0n) is 6.53. The average molecular weight is 187 g/mol. The highest BCUT2D eigenvalue weighted by molar-refractivity contribution is 5.85. The SMILES string of the molecule is Cl.c1n[nH]nc1C1C2CNCC21. The summed E-state index contributed by atoms with van der Waals surface area (Å²) in [5, 5.41) is 13.9. The molecule has 5 heteroatoms. The summed E-state index contributed by atoms with van der Waals surface area (Å²) in [6.45, 7) is 2.34. The number of hydrogen-bond donors (Lipinski definition) is 2. The molecule has 1 aromatic heterocycles. The lowest BCUT2D eigenvalue weighted by Gasteiger charge is -1.98. The van der Waals surface area contributed by atoms with Crippen molar-refractivity contribution in [3.63, 3.8) is 0 Å². The fraction of sp³-hybridized carbons (Fsp3) is 0.714. The second-order valence-corrected chi connectivity index (χ2v) is 3.41. The van der Waals surface area contributed by atoms with Gasteiger partial charge in [-0.15, -0.1) is 12.4 Å². The molecule has 0 radical (unpaired) electrons. The summed E-state index contributed by atoms with van der Waals surface area (Å²) in [7, 11) is 0. The second kappa shape index (κ2) is 2.71. The van der Waals surface area contributed by atoms with E-state index >= 15 is 0 Å². The van der Waals surface area contributed by atoms with Gasteiger partial charge in [0.2, 0.25) is 0 Å². The summed E-state index contributed by atoms with van der Waals surface area (Å²) in [5.74, 6) is 2.40. The number of nitrogens with one attached hydrogen (secondary N) is 2. The van der Waals surface area contributed by atoms with Crippen molar-refractivity contribution in [2.45, 2.75) is 5.92 Å². The van der Waals surface area contributed by atoms with E-state index < -0.39 is 0 Å². The number of aromatic amines is 1. The van der Waals surface area contributed by atoms with Gasteiger partial charge in [0.1, 0.15) is 0 Å². The molecule has 1 aliphatic heterocycles. The smallest absolute Gasteiger partial charge is 0.0862 e. The van der Waals surface area contributed by atoms with Crippen LogP contribution < -0.4 is 5.32 Å². The molecule has 1 saturated carbocycles. The number of aromatic nitrogens is 3. The van der Waals surface area contributed by atoms with Gasteiger partial charge in [0.15, 0.2) is 0 Å². The minimum absolute atomic E-state index is 0. The van der Waals surface area contributed by atoms with Crippen LogP contribution >= 0.6 is 12.4 Å². The number of hydrogen-bond acceptors (Lipinski definition) is 3. The number of H-pyrrole nitrogens is 1. The second-order valence-electron chi connectivity index (χ2n) is 3.41. The van der Waals surface area contributed by atoms with E-state index in [2.05, 4.69) is 20.7 Å². The molecule has 2 fully saturated rings. The van der Waals surface area contributed by atoms with Crippen LogP contribution in [0.5, 0.6) is 0 Å². The highest BCUT2D eigenvalue weighted by Crippen LogP contribution is 2.54. The Kier molecular flexibility index (Phi) is 1.81. The number of fused-ring (bicyclic) bond motifs is 1. The van der Waals surface area contributed by atoms with E-state index in [1.807, 2.05) is 6.20 Å². The van der Waals surface area contributed by atoms with E-state index in [-0.39, 0.29) is 12.4 Å². The van der Waals surface area contributed by atoms with Crippen molar-refractivity contribution >= 4 is 12.4 Å². The maximum absolute atomic E-state index is 4.10. The van der Waals surface area contributed by atoms with Gasteiger partial charge in [0, 0.05) is 5.92 Å². The predicted octanol–water partition coefficient (Wildman–Crippen LogP) is 0.159. The molecular weight excluding hydrogens is 176 g/mol. The first-order valence-electron chi connectivity index (χ1n) is 4.03. The molecule has 3 rings (SSSR count). The topological polar surface area (TPSA) is 53.6 Å². The Morgan fingerprint density at radius 3 is 2.67 bits per heavy atom. The fourth-order valence-electron chi connectivity index (χ4n) is 2.23. The van der Waals surface area contributed by atoms with Crippen LogP contribution in [0.1, 0.15) is 11.6 Å². The van der Waals surface area contributed by atoms with E-state index in [0.717, 1.165) is 17.5 Å². The molecule has 1 aromatic rings. The summed E-state index contributed by atoms with van der Waals surface area (Å²) in [4.78, 5) is 0. The third-order valence-corrected chi connectivity index (χ3v) is 2.87. The molecule has 0 aromatic carbocycles. The van der Waals surface area contributed by atoms with Crippen LogP contribution in [0.15, 0.2) is 6.20 Å². The lowest BCUT2D eigenvalue weighted by Crippen LogP contribution is -2.14. The van der Waals surface area contributed by atoms with Gasteiger partial charge in [-0.1, -0.05) is 0 Å². The molecule has 2 unspecified atom stereocenters. The summed E-state index contributed by atoms with van der Waals surface area (Å²) >= 11 is 0. The van der Waals surface area contributed by atoms with E-state index in [0.29, 0.717) is 5.92 Å². The standard InChI is InChI=1S/C7H10N4.ClH/c1-4-5(2-8-1)7(4)6-3-9-11-10-6;/h3-5,7-8H,1-2H2,(H,9,10,11);1H. The highest BCUT2D eigenvalue weighted by Gasteiger charge is 2.54. The lowest BCUT2D eigenvalue weighted by molar-refractivity contribution is 0.673. The predicted molar refractivity (Wildman–Crippen MR) is 46.2 cm³/mol. The monoisotopic (exact) mass is 186 g/mol. The molecule has 1 aliphatic carbocycles. The Bertz CT molecular complexity index is 250. The molecule has 0 spiro atoms. The summed E-state index contributed by atoms with van der Waals surface area (Å²) in [6.07, 6.45) is 1.85. The summed E-state index contributed by atoms with van der Waals surface area (Å²) < 4.78 is 0. The van der Waals surface area contributed by atoms with Gasteiger partial charge >= 0.3 is 0 Å². The van der Waals surface area contributed by atoms with Crippen LogP contribution in [-0.4, -0.2) is 28.5 Å². The van der Waals surface area contributed by atoms with Crippen molar-refractivity contribution in [2.75, 3.05) is 13.1 Å². The van der Waals surface area contributed by atoms with Crippen molar-refractivity contribution in [2.24, 2.45) is 11.8 Å². The van der Waals surface area contributed by atoms with Crippen molar-refractivity contribution in [3.05, 3.63) is 11.9 Å². The first-order valence-corrected chi connectivity index (χ1v) is 4.03. The van der Waals surface area contributed by atoms with Gasteiger partial charge in [-0.3, -0.25) is 0 Å². The van der Waals surface area contributed by atoms with Gasteiger partial charge in [0.05, 0.1) is 11.9 Å². The molecule has 4 nitrogen and oxygen atoms in total. The minimum atomic E-state index is 0. The lowest BCUT2D eigenvalue weighted by atomic mass is 10.2. The van der Waals surface area contributed by atoms with Gasteiger partial charge < -0.3 is 5.32 Å². The van der Waals surface area contributed by atoms with E-state index in [9.17, 15) is 0 Å². The molecule has 66 valence electrons. The fourth-order valence-corrected chi connectivity index (χ4v) is 2.23. The summed E-state index contributed by atoms with van der Waals surface area (Å²) in [6, 6.07) is 0. The van der Waals surface area contributed by atoms with Gasteiger partial charge in [-0.25, -0.2) is 0 Å². The number of rotatable bonds is 1. The molecule has 1 saturated heterocycles. The van der Waals surface area contributed by atoms with Gasteiger partial charge in [-0.2, -0.15) is 15.4 Å². The Labute approximate surface area is 76.5 Å². The largest absolute Gasteiger partial charge is 0.316 e. The van der Waals surface area contributed by atoms with Crippen LogP contribution in [0.4, 0.5) is 0 Å². The van der Waals surface area contributed by atoms with Crippen LogP contribution in [0.25, 0.3) is 0 Å². The van der Waals surface area contributed by atoms with Crippen molar-refractivity contribution in [3.8, 4) is 0 Å². The van der Waals surface area contributed by atoms with E-state index in [1.165, 1.54) is 13.1 Å². The third kappa shape index (κ3) is 0.949. The third-order valence-electron chi connectivity index (χ3n) is 2.87. The van der Waals surface area contributed by atoms with E-state index in [1.54, 1.807) is 0 Å². The normalized spacial score (nSPS) is 37.2. The van der Waals surface area contributed by atoms with Crippen LogP contribution in [0.2, 0.25) is 0 Å². The molecule has 2 aliphatic rings. The van der Waals surface area contributed by atoms with E-state index in [4.69, 9.17) is 0 Å². The van der Waals surface area contributed by atoms with Crippen LogP contribution in [0.3, 0.4) is 0 Å². The first-order chi connectivity index (χ1) is 5.47. The average Bonchev–Trinajstić information content (AvgIpc) is 2.57. The molecule has 0 bridgehead atoms. The number of halogens is 1. The Balaban J connectivity index is 0.000000563. The zero-order valence-corrected chi connectivity index (χ0v) is 7.34. The van der Waals surface area contributed by atoms with Gasteiger partial charge in [-0.05, 0) is 24.9 Å². The van der Waals surface area contributed by atoms with Crippen molar-refractivity contribution in [1.82, 2.24) is 20.7 Å². The highest BCUT2D eigenvalue weighted by atomic mass is 35.5. The minimum Gasteiger partial charge on any atom is -0.316 e. The number of piperidine rings is 1. The summed E-state index contributed by atoms with van der Waals surface area (Å²) in [5.41, 5.74) is 1.15. The molecule has 2 atom stereocenters. The Hall–Kier alpha value is -0.610. The zero-order chi connectivity index (χ0) is 7.26. The van der Waals surface area contributed by atoms with Gasteiger partial charge in [0.25, 0.3) is 0 Å². The maximum atomic E-state index is 4.10. The Morgan fingerprint density at radius 2 is 2.08 bits per heavy atom. The molecule has 12 heavy (non-hydrogen) atoms. The van der Waals surface area contributed by atoms with Crippen molar-refractivity contribution < 1.29 is 0 Å². The van der Waals surface area contributed by atoms with Crippen LogP contribution in [0, 0.1) is 11.8 Å². The molecule has 2 N–H and O–H groups in total. The first kappa shape index (κ1) is 8.01. The van der Waals surface area contributed by atoms with Crippen LogP contribution in [-0.2, 0) is 0 Å². The quantitative estimate of drug-likeness (QED) is 0.657. The van der Waals surface area contributed by atoms with Crippen molar-refractivity contribution in [1.29, 1.82) is 0 Å². The molecule has 0 amide bonds. The molecular formula is C7H11ClN4. The molecule has 2 heterocycles. The number of nitrogens with zero attached hydrogens (tertiary/aromatic N) is 2.